The molecule has 0 saturated heterocycles. The molecule has 3 N–H and O–H groups in total. The molecule has 156 valence electrons. The number of rotatable bonds is 8. The molecule has 1 aromatic heterocycles. The lowest BCUT2D eigenvalue weighted by molar-refractivity contribution is -0.114. The lowest BCUT2D eigenvalue weighted by atomic mass is 10.1. The van der Waals surface area contributed by atoms with Crippen LogP contribution in [-0.4, -0.2) is 41.8 Å². The number of carbonyl (C=O) groups is 1. The van der Waals surface area contributed by atoms with Gasteiger partial charge in [0.25, 0.3) is 0 Å². The summed E-state index contributed by atoms with van der Waals surface area (Å²) in [5.74, 6) is 0.728. The minimum atomic E-state index is -0.0619. The number of amides is 1. The molecule has 0 saturated carbocycles. The zero-order chi connectivity index (χ0) is 21.2. The van der Waals surface area contributed by atoms with Gasteiger partial charge >= 0.3 is 0 Å². The van der Waals surface area contributed by atoms with Crippen LogP contribution in [0.3, 0.4) is 0 Å². The van der Waals surface area contributed by atoms with Crippen LogP contribution in [0.1, 0.15) is 18.1 Å². The Morgan fingerprint density at radius 3 is 2.07 bits per heavy atom. The maximum Gasteiger partial charge on any atom is 0.221 e. The second-order valence-corrected chi connectivity index (χ2v) is 6.92. The molecule has 7 nitrogen and oxygen atoms in total. The molecule has 1 heterocycles. The molecule has 30 heavy (non-hydrogen) atoms. The van der Waals surface area contributed by atoms with Gasteiger partial charge in [-0.15, -0.1) is 0 Å². The number of benzene rings is 2. The van der Waals surface area contributed by atoms with Gasteiger partial charge in [0.2, 0.25) is 5.91 Å². The fourth-order valence-electron chi connectivity index (χ4n) is 3.07. The van der Waals surface area contributed by atoms with Crippen molar-refractivity contribution in [3.05, 3.63) is 78.1 Å². The SMILES string of the molecule is CN=C(NCCc1ccc(NC(C)=O)cc1)NCCc1ccc(-n2cccn2)cc1. The average molecular weight is 405 g/mol. The first-order chi connectivity index (χ1) is 14.6. The zero-order valence-electron chi connectivity index (χ0n) is 17.4. The van der Waals surface area contributed by atoms with Crippen molar-refractivity contribution in [1.29, 1.82) is 0 Å². The Labute approximate surface area is 177 Å². The van der Waals surface area contributed by atoms with Crippen LogP contribution in [0.2, 0.25) is 0 Å². The summed E-state index contributed by atoms with van der Waals surface area (Å²) in [6, 6.07) is 18.2. The van der Waals surface area contributed by atoms with E-state index in [0.29, 0.717) is 0 Å². The molecular formula is C23H28N6O. The maximum atomic E-state index is 11.1. The summed E-state index contributed by atoms with van der Waals surface area (Å²) in [5.41, 5.74) is 4.33. The van der Waals surface area contributed by atoms with Crippen LogP contribution >= 0.6 is 0 Å². The van der Waals surface area contributed by atoms with Gasteiger partial charge in [0.05, 0.1) is 5.69 Å². The van der Waals surface area contributed by atoms with Crippen molar-refractivity contribution in [3.63, 3.8) is 0 Å². The first kappa shape index (κ1) is 21.1. The minimum Gasteiger partial charge on any atom is -0.356 e. The highest BCUT2D eigenvalue weighted by molar-refractivity contribution is 5.88. The third-order valence-corrected chi connectivity index (χ3v) is 4.62. The van der Waals surface area contributed by atoms with Gasteiger partial charge in [0.15, 0.2) is 5.96 Å². The number of guanidine groups is 1. The summed E-state index contributed by atoms with van der Waals surface area (Å²) in [6.45, 7) is 3.08. The highest BCUT2D eigenvalue weighted by Gasteiger charge is 2.01. The Morgan fingerprint density at radius 2 is 1.57 bits per heavy atom. The molecule has 0 aliphatic rings. The van der Waals surface area contributed by atoms with Gasteiger partial charge in [-0.3, -0.25) is 9.79 Å². The van der Waals surface area contributed by atoms with E-state index in [2.05, 4.69) is 50.3 Å². The molecular weight excluding hydrogens is 376 g/mol. The third kappa shape index (κ3) is 6.48. The lowest BCUT2D eigenvalue weighted by Crippen LogP contribution is -2.39. The lowest BCUT2D eigenvalue weighted by Gasteiger charge is -2.12. The van der Waals surface area contributed by atoms with Crippen molar-refractivity contribution in [2.24, 2.45) is 4.99 Å². The monoisotopic (exact) mass is 404 g/mol. The van der Waals surface area contributed by atoms with Crippen LogP contribution < -0.4 is 16.0 Å². The van der Waals surface area contributed by atoms with Crippen molar-refractivity contribution < 1.29 is 4.79 Å². The number of anilines is 1. The van der Waals surface area contributed by atoms with E-state index >= 15 is 0 Å². The Kier molecular flexibility index (Phi) is 7.60. The predicted octanol–water partition coefficient (Wildman–Crippen LogP) is 2.78. The largest absolute Gasteiger partial charge is 0.356 e. The van der Waals surface area contributed by atoms with Crippen molar-refractivity contribution in [1.82, 2.24) is 20.4 Å². The molecule has 0 radical (unpaired) electrons. The smallest absolute Gasteiger partial charge is 0.221 e. The van der Waals surface area contributed by atoms with Crippen LogP contribution in [0.15, 0.2) is 72.0 Å². The van der Waals surface area contributed by atoms with Crippen LogP contribution in [-0.2, 0) is 17.6 Å². The van der Waals surface area contributed by atoms with E-state index in [0.717, 1.165) is 43.3 Å². The molecule has 3 rings (SSSR count). The first-order valence-electron chi connectivity index (χ1n) is 10.0. The number of carbonyl (C=O) groups excluding carboxylic acids is 1. The molecule has 1 amide bonds. The molecule has 0 bridgehead atoms. The number of aliphatic imine (C=N–C) groups is 1. The number of nitrogens with zero attached hydrogens (tertiary/aromatic N) is 3. The molecule has 0 aliphatic carbocycles. The van der Waals surface area contributed by atoms with E-state index in [1.54, 1.807) is 13.2 Å². The average Bonchev–Trinajstić information content (AvgIpc) is 3.29. The topological polar surface area (TPSA) is 83.3 Å². The first-order valence-corrected chi connectivity index (χ1v) is 10.0. The molecule has 0 spiro atoms. The quantitative estimate of drug-likeness (QED) is 0.398. The zero-order valence-corrected chi connectivity index (χ0v) is 17.4. The molecule has 2 aromatic carbocycles. The summed E-state index contributed by atoms with van der Waals surface area (Å²) in [5, 5.41) is 13.7. The fourth-order valence-corrected chi connectivity index (χ4v) is 3.07. The van der Waals surface area contributed by atoms with Crippen LogP contribution in [0.5, 0.6) is 0 Å². The van der Waals surface area contributed by atoms with Gasteiger partial charge in [-0.2, -0.15) is 5.10 Å². The Balaban J connectivity index is 1.38. The van der Waals surface area contributed by atoms with Crippen LogP contribution in [0.25, 0.3) is 5.69 Å². The van der Waals surface area contributed by atoms with E-state index in [1.807, 2.05) is 41.2 Å². The summed E-state index contributed by atoms with van der Waals surface area (Å²) in [6.07, 6.45) is 5.49. The minimum absolute atomic E-state index is 0.0619. The van der Waals surface area contributed by atoms with Crippen molar-refractivity contribution in [2.75, 3.05) is 25.5 Å². The highest BCUT2D eigenvalue weighted by atomic mass is 16.1. The number of nitrogens with one attached hydrogen (secondary N) is 3. The van der Waals surface area contributed by atoms with E-state index in [1.165, 1.54) is 18.1 Å². The Bertz CT molecular complexity index is 946. The number of aromatic nitrogens is 2. The van der Waals surface area contributed by atoms with Crippen molar-refractivity contribution in [3.8, 4) is 5.69 Å². The van der Waals surface area contributed by atoms with E-state index < -0.39 is 0 Å². The van der Waals surface area contributed by atoms with Gasteiger partial charge < -0.3 is 16.0 Å². The Morgan fingerprint density at radius 1 is 0.967 bits per heavy atom. The van der Waals surface area contributed by atoms with E-state index in [-0.39, 0.29) is 5.91 Å². The second kappa shape index (κ2) is 10.8. The fraction of sp³-hybridized carbons (Fsp3) is 0.261. The second-order valence-electron chi connectivity index (χ2n) is 6.92. The third-order valence-electron chi connectivity index (χ3n) is 4.62. The van der Waals surface area contributed by atoms with Gasteiger partial charge in [-0.25, -0.2) is 4.68 Å². The van der Waals surface area contributed by atoms with Gasteiger partial charge in [0.1, 0.15) is 0 Å². The predicted molar refractivity (Wildman–Crippen MR) is 121 cm³/mol. The molecule has 3 aromatic rings. The van der Waals surface area contributed by atoms with Crippen LogP contribution in [0, 0.1) is 0 Å². The maximum absolute atomic E-state index is 11.1. The Hall–Kier alpha value is -3.61. The summed E-state index contributed by atoms with van der Waals surface area (Å²) < 4.78 is 1.85. The van der Waals surface area contributed by atoms with Crippen molar-refractivity contribution in [2.45, 2.75) is 19.8 Å². The van der Waals surface area contributed by atoms with Gasteiger partial charge in [-0.1, -0.05) is 24.3 Å². The standard InChI is InChI=1S/C23H28N6O/c1-18(30)28-21-8-4-19(5-9-21)12-15-25-23(24-2)26-16-13-20-6-10-22(11-7-20)29-17-3-14-27-29/h3-11,14,17H,12-13,15-16H2,1-2H3,(H,28,30)(H2,24,25,26). The van der Waals surface area contributed by atoms with Gasteiger partial charge in [0, 0.05) is 45.1 Å². The normalized spacial score (nSPS) is 11.2. The molecule has 7 heteroatoms. The molecule has 0 fully saturated rings. The molecule has 0 aliphatic heterocycles. The van der Waals surface area contributed by atoms with Gasteiger partial charge in [-0.05, 0) is 54.3 Å². The summed E-state index contributed by atoms with van der Waals surface area (Å²) >= 11 is 0. The summed E-state index contributed by atoms with van der Waals surface area (Å²) in [7, 11) is 1.77. The number of hydrogen-bond acceptors (Lipinski definition) is 3. The van der Waals surface area contributed by atoms with Crippen molar-refractivity contribution >= 4 is 17.6 Å². The number of hydrogen-bond donors (Lipinski definition) is 3. The van der Waals surface area contributed by atoms with E-state index in [4.69, 9.17) is 0 Å². The van der Waals surface area contributed by atoms with Crippen LogP contribution in [0.4, 0.5) is 5.69 Å². The molecule has 0 atom stereocenters. The highest BCUT2D eigenvalue weighted by Crippen LogP contribution is 2.10. The van der Waals surface area contributed by atoms with E-state index in [9.17, 15) is 4.79 Å². The summed E-state index contributed by atoms with van der Waals surface area (Å²) in [4.78, 5) is 15.4. The molecule has 0 unspecified atom stereocenters.